The van der Waals surface area contributed by atoms with Gasteiger partial charge in [0.25, 0.3) is 0 Å². The van der Waals surface area contributed by atoms with Crippen LogP contribution in [-0.4, -0.2) is 18.4 Å². The summed E-state index contributed by atoms with van der Waals surface area (Å²) in [6.45, 7) is 4.01. The molecular formula is C29H24ClN2O3S2+. The van der Waals surface area contributed by atoms with Gasteiger partial charge in [-0.3, -0.25) is 9.59 Å². The van der Waals surface area contributed by atoms with Crippen LogP contribution in [0.25, 0.3) is 5.69 Å². The monoisotopic (exact) mass is 547 g/mol. The zero-order valence-corrected chi connectivity index (χ0v) is 22.8. The lowest BCUT2D eigenvalue weighted by atomic mass is 10.0. The second kappa shape index (κ2) is 12.2. The van der Waals surface area contributed by atoms with Crippen molar-refractivity contribution in [3.8, 4) is 11.8 Å². The highest BCUT2D eigenvalue weighted by atomic mass is 35.5. The summed E-state index contributed by atoms with van der Waals surface area (Å²) in [6, 6.07) is 20.4. The average molecular weight is 548 g/mol. The molecule has 0 unspecified atom stereocenters. The maximum atomic E-state index is 13.7. The van der Waals surface area contributed by atoms with E-state index in [9.17, 15) is 14.9 Å². The van der Waals surface area contributed by atoms with Crippen LogP contribution in [0.4, 0.5) is 0 Å². The number of rotatable bonds is 9. The lowest BCUT2D eigenvalue weighted by molar-refractivity contribution is -0.598. The minimum Gasteiger partial charge on any atom is -0.466 e. The third-order valence-electron chi connectivity index (χ3n) is 5.64. The first-order valence-corrected chi connectivity index (χ1v) is 13.8. The molecule has 8 heteroatoms. The van der Waals surface area contributed by atoms with Crippen molar-refractivity contribution in [2.45, 2.75) is 30.2 Å². The minimum absolute atomic E-state index is 0.0371. The molecule has 2 aromatic heterocycles. The Morgan fingerprint density at radius 3 is 2.46 bits per heavy atom. The Labute approximate surface area is 229 Å². The molecule has 4 aromatic rings. The van der Waals surface area contributed by atoms with Gasteiger partial charge in [0, 0.05) is 28.5 Å². The number of thioether (sulfide) groups is 1. The summed E-state index contributed by atoms with van der Waals surface area (Å²) in [5.74, 6) is -0.0399. The number of aryl methyl sites for hydroxylation is 1. The largest absolute Gasteiger partial charge is 0.466 e. The molecule has 2 aromatic carbocycles. The molecule has 0 bridgehead atoms. The summed E-state index contributed by atoms with van der Waals surface area (Å²) < 4.78 is 8.08. The number of esters is 1. The van der Waals surface area contributed by atoms with Crippen molar-refractivity contribution in [2.24, 2.45) is 0 Å². The number of hydrogen-bond donors (Lipinski definition) is 0. The molecule has 0 N–H and O–H groups in total. The number of hydrogen-bond acceptors (Lipinski definition) is 6. The SMILES string of the molecule is CCOC(=O)Cc1c(C(=O)c2ccc(Cl)cc2)sc(SCc2ccccc2C#N)c1-[n+]1ccc(C)cc1. The molecule has 4 rings (SSSR count). The number of nitrogens with zero attached hydrogens (tertiary/aromatic N) is 2. The van der Waals surface area contributed by atoms with Crippen molar-refractivity contribution in [3.63, 3.8) is 0 Å². The van der Waals surface area contributed by atoms with Crippen LogP contribution in [0.1, 0.15) is 44.4 Å². The van der Waals surface area contributed by atoms with Crippen LogP contribution in [0.2, 0.25) is 5.02 Å². The Morgan fingerprint density at radius 2 is 1.78 bits per heavy atom. The number of pyridine rings is 1. The van der Waals surface area contributed by atoms with E-state index < -0.39 is 5.97 Å². The highest BCUT2D eigenvalue weighted by molar-refractivity contribution is 8.00. The zero-order valence-electron chi connectivity index (χ0n) is 20.4. The van der Waals surface area contributed by atoms with Gasteiger partial charge in [-0.05, 0) is 55.3 Å². The summed E-state index contributed by atoms with van der Waals surface area (Å²) in [6.07, 6.45) is 3.82. The number of carbonyl (C=O) groups excluding carboxylic acids is 2. The van der Waals surface area contributed by atoms with Crippen molar-refractivity contribution in [1.29, 1.82) is 5.26 Å². The number of halogens is 1. The average Bonchev–Trinajstić information content (AvgIpc) is 3.26. The normalized spacial score (nSPS) is 10.6. The molecule has 0 aliphatic rings. The third-order valence-corrected chi connectivity index (χ3v) is 8.42. The van der Waals surface area contributed by atoms with Gasteiger partial charge >= 0.3 is 5.97 Å². The highest BCUT2D eigenvalue weighted by Crippen LogP contribution is 2.40. The van der Waals surface area contributed by atoms with E-state index in [0.29, 0.717) is 32.3 Å². The molecule has 0 saturated carbocycles. The lowest BCUT2D eigenvalue weighted by Gasteiger charge is -2.06. The Hall–Kier alpha value is -3.44. The number of ketones is 1. The van der Waals surface area contributed by atoms with Gasteiger partial charge in [-0.25, -0.2) is 0 Å². The first kappa shape index (κ1) is 26.6. The van der Waals surface area contributed by atoms with E-state index in [1.54, 1.807) is 49.0 Å². The second-order valence-electron chi connectivity index (χ2n) is 8.20. The van der Waals surface area contributed by atoms with E-state index in [1.807, 2.05) is 54.2 Å². The fourth-order valence-corrected chi connectivity index (χ4v) is 6.48. The molecule has 0 aliphatic carbocycles. The van der Waals surface area contributed by atoms with E-state index in [-0.39, 0.29) is 18.8 Å². The van der Waals surface area contributed by atoms with E-state index in [4.69, 9.17) is 16.3 Å². The maximum absolute atomic E-state index is 13.7. The van der Waals surface area contributed by atoms with E-state index in [1.165, 1.54) is 11.3 Å². The fraction of sp³-hybridized carbons (Fsp3) is 0.172. The topological polar surface area (TPSA) is 71.0 Å². The molecule has 0 aliphatic heterocycles. The Bertz CT molecular complexity index is 1470. The van der Waals surface area contributed by atoms with Crippen LogP contribution in [0.3, 0.4) is 0 Å². The van der Waals surface area contributed by atoms with Crippen molar-refractivity contribution in [2.75, 3.05) is 6.61 Å². The van der Waals surface area contributed by atoms with Gasteiger partial charge in [0.05, 0.1) is 35.1 Å². The first-order chi connectivity index (χ1) is 17.9. The smallest absolute Gasteiger partial charge is 0.310 e. The summed E-state index contributed by atoms with van der Waals surface area (Å²) in [5.41, 5.74) is 4.49. The Kier molecular flexibility index (Phi) is 8.78. The van der Waals surface area contributed by atoms with Gasteiger partial charge in [-0.2, -0.15) is 9.83 Å². The van der Waals surface area contributed by atoms with Crippen molar-refractivity contribution < 1.29 is 18.9 Å². The van der Waals surface area contributed by atoms with Crippen LogP contribution in [0.15, 0.2) is 77.3 Å². The van der Waals surface area contributed by atoms with Crippen LogP contribution >= 0.6 is 34.7 Å². The molecule has 0 saturated heterocycles. The summed E-state index contributed by atoms with van der Waals surface area (Å²) in [7, 11) is 0. The van der Waals surface area contributed by atoms with E-state index in [2.05, 4.69) is 6.07 Å². The number of carbonyl (C=O) groups is 2. The minimum atomic E-state index is -0.397. The summed E-state index contributed by atoms with van der Waals surface area (Å²) in [5, 5.41) is 10.1. The molecule has 2 heterocycles. The summed E-state index contributed by atoms with van der Waals surface area (Å²) in [4.78, 5) is 26.9. The predicted molar refractivity (Wildman–Crippen MR) is 147 cm³/mol. The molecular weight excluding hydrogens is 524 g/mol. The lowest BCUT2D eigenvalue weighted by Crippen LogP contribution is -2.31. The number of thiophene rings is 1. The van der Waals surface area contributed by atoms with E-state index in [0.717, 1.165) is 21.0 Å². The van der Waals surface area contributed by atoms with Gasteiger partial charge in [0.2, 0.25) is 11.5 Å². The molecule has 0 spiro atoms. The highest BCUT2D eigenvalue weighted by Gasteiger charge is 2.31. The van der Waals surface area contributed by atoms with Crippen LogP contribution in [-0.2, 0) is 21.7 Å². The second-order valence-corrected chi connectivity index (χ2v) is 10.9. The van der Waals surface area contributed by atoms with Crippen molar-refractivity contribution >= 4 is 46.5 Å². The molecule has 5 nitrogen and oxygen atoms in total. The van der Waals surface area contributed by atoms with Gasteiger partial charge in [0.1, 0.15) is 4.21 Å². The third kappa shape index (κ3) is 6.28. The summed E-state index contributed by atoms with van der Waals surface area (Å²) >= 11 is 8.94. The molecule has 0 atom stereocenters. The zero-order chi connectivity index (χ0) is 26.4. The van der Waals surface area contributed by atoms with Crippen LogP contribution in [0, 0.1) is 18.3 Å². The van der Waals surface area contributed by atoms with Crippen LogP contribution in [0.5, 0.6) is 0 Å². The number of aromatic nitrogens is 1. The molecule has 0 radical (unpaired) electrons. The molecule has 186 valence electrons. The molecule has 0 fully saturated rings. The van der Waals surface area contributed by atoms with Gasteiger partial charge in [-0.1, -0.05) is 29.8 Å². The fourth-order valence-electron chi connectivity index (χ4n) is 3.78. The molecule has 0 amide bonds. The number of benzene rings is 2. The van der Waals surface area contributed by atoms with Gasteiger partial charge in [-0.15, -0.1) is 23.1 Å². The van der Waals surface area contributed by atoms with Crippen molar-refractivity contribution in [3.05, 3.63) is 111 Å². The van der Waals surface area contributed by atoms with E-state index >= 15 is 0 Å². The standard InChI is InChI=1S/C29H24ClN2O3S2/c1-3-35-25(33)16-24-26(32-14-12-19(2)13-15-32)29(36-18-22-7-5-4-6-21(22)17-31)37-28(24)27(34)20-8-10-23(30)11-9-20/h4-15H,3,16,18H2,1-2H3/q+1. The Balaban J connectivity index is 1.86. The van der Waals surface area contributed by atoms with Crippen LogP contribution < -0.4 is 4.57 Å². The first-order valence-electron chi connectivity index (χ1n) is 11.6. The quantitative estimate of drug-likeness (QED) is 0.104. The van der Waals surface area contributed by atoms with Crippen molar-refractivity contribution in [1.82, 2.24) is 0 Å². The maximum Gasteiger partial charge on any atom is 0.310 e. The Morgan fingerprint density at radius 1 is 1.08 bits per heavy atom. The number of nitriles is 1. The molecule has 37 heavy (non-hydrogen) atoms. The van der Waals surface area contributed by atoms with Gasteiger partial charge < -0.3 is 4.74 Å². The van der Waals surface area contributed by atoms with Gasteiger partial charge in [0.15, 0.2) is 12.4 Å². The predicted octanol–water partition coefficient (Wildman–Crippen LogP) is 6.49. The number of ether oxygens (including phenoxy) is 1.